The van der Waals surface area contributed by atoms with Crippen molar-refractivity contribution in [3.63, 3.8) is 0 Å². The zero-order valence-electron chi connectivity index (χ0n) is 11.2. The second-order valence-electron chi connectivity index (χ2n) is 5.46. The molecule has 1 aliphatic rings. The third-order valence-electron chi connectivity index (χ3n) is 3.45. The van der Waals surface area contributed by atoms with Crippen LogP contribution < -0.4 is 10.2 Å². The number of rotatable bonds is 1. The lowest BCUT2D eigenvalue weighted by Crippen LogP contribution is -2.65. The van der Waals surface area contributed by atoms with E-state index in [9.17, 15) is 4.79 Å². The standard InChI is InChI=1S/C14H19BrN2O/c1-9-7-11(5-6-12(9)15)17-10(2)8-16-14(3,4)13(17)18/h5-7,10,16H,8H2,1-4H3. The van der Waals surface area contributed by atoms with Crippen molar-refractivity contribution in [3.05, 3.63) is 28.2 Å². The number of hydrogen-bond acceptors (Lipinski definition) is 2. The molecule has 1 saturated heterocycles. The van der Waals surface area contributed by atoms with Crippen LogP contribution in [-0.4, -0.2) is 24.0 Å². The summed E-state index contributed by atoms with van der Waals surface area (Å²) < 4.78 is 1.07. The van der Waals surface area contributed by atoms with Crippen molar-refractivity contribution in [2.45, 2.75) is 39.3 Å². The predicted molar refractivity (Wildman–Crippen MR) is 77.9 cm³/mol. The molecular weight excluding hydrogens is 292 g/mol. The number of carbonyl (C=O) groups is 1. The Kier molecular flexibility index (Phi) is 3.52. The fraction of sp³-hybridized carbons (Fsp3) is 0.500. The number of piperazine rings is 1. The van der Waals surface area contributed by atoms with Gasteiger partial charge in [0.1, 0.15) is 0 Å². The van der Waals surface area contributed by atoms with E-state index < -0.39 is 5.54 Å². The number of anilines is 1. The van der Waals surface area contributed by atoms with Gasteiger partial charge >= 0.3 is 0 Å². The SMILES string of the molecule is Cc1cc(N2C(=O)C(C)(C)NCC2C)ccc1Br. The molecule has 18 heavy (non-hydrogen) atoms. The molecule has 1 aromatic carbocycles. The van der Waals surface area contributed by atoms with Crippen LogP contribution in [0, 0.1) is 6.92 Å². The highest BCUT2D eigenvalue weighted by Gasteiger charge is 2.39. The molecule has 0 radical (unpaired) electrons. The summed E-state index contributed by atoms with van der Waals surface area (Å²) in [5.74, 6) is 0.128. The highest BCUT2D eigenvalue weighted by molar-refractivity contribution is 9.10. The van der Waals surface area contributed by atoms with Gasteiger partial charge in [0, 0.05) is 22.7 Å². The molecule has 4 heteroatoms. The Morgan fingerprint density at radius 3 is 2.72 bits per heavy atom. The van der Waals surface area contributed by atoms with Gasteiger partial charge in [-0.2, -0.15) is 0 Å². The molecule has 1 aliphatic heterocycles. The first-order valence-electron chi connectivity index (χ1n) is 6.18. The van der Waals surface area contributed by atoms with Crippen molar-refractivity contribution in [1.82, 2.24) is 5.32 Å². The second kappa shape index (κ2) is 4.67. The second-order valence-corrected chi connectivity index (χ2v) is 6.32. The first-order valence-corrected chi connectivity index (χ1v) is 6.97. The Labute approximate surface area is 117 Å². The van der Waals surface area contributed by atoms with Gasteiger partial charge in [-0.1, -0.05) is 15.9 Å². The Morgan fingerprint density at radius 2 is 2.11 bits per heavy atom. The lowest BCUT2D eigenvalue weighted by atomic mass is 9.97. The highest BCUT2D eigenvalue weighted by Crippen LogP contribution is 2.28. The molecule has 0 spiro atoms. The quantitative estimate of drug-likeness (QED) is 0.865. The van der Waals surface area contributed by atoms with Crippen molar-refractivity contribution in [2.24, 2.45) is 0 Å². The first kappa shape index (κ1) is 13.6. The van der Waals surface area contributed by atoms with Gasteiger partial charge in [0.15, 0.2) is 0 Å². The number of nitrogens with one attached hydrogen (secondary N) is 1. The van der Waals surface area contributed by atoms with Gasteiger partial charge in [0.25, 0.3) is 0 Å². The van der Waals surface area contributed by atoms with Crippen LogP contribution in [0.25, 0.3) is 0 Å². The third kappa shape index (κ3) is 2.31. The summed E-state index contributed by atoms with van der Waals surface area (Å²) in [6.45, 7) is 8.78. The monoisotopic (exact) mass is 310 g/mol. The lowest BCUT2D eigenvalue weighted by Gasteiger charge is -2.42. The van der Waals surface area contributed by atoms with Crippen LogP contribution >= 0.6 is 15.9 Å². The predicted octanol–water partition coefficient (Wildman–Crippen LogP) is 2.86. The van der Waals surface area contributed by atoms with E-state index in [1.165, 1.54) is 0 Å². The van der Waals surface area contributed by atoms with E-state index in [1.54, 1.807) is 0 Å². The summed E-state index contributed by atoms with van der Waals surface area (Å²) in [7, 11) is 0. The molecule has 1 aromatic rings. The van der Waals surface area contributed by atoms with Gasteiger partial charge in [-0.3, -0.25) is 4.79 Å². The molecule has 1 atom stereocenters. The van der Waals surface area contributed by atoms with Crippen LogP contribution in [0.4, 0.5) is 5.69 Å². The topological polar surface area (TPSA) is 32.3 Å². The van der Waals surface area contributed by atoms with Crippen LogP contribution in [-0.2, 0) is 4.79 Å². The molecule has 98 valence electrons. The summed E-state index contributed by atoms with van der Waals surface area (Å²) in [6, 6.07) is 6.22. The maximum absolute atomic E-state index is 12.5. The van der Waals surface area contributed by atoms with Gasteiger partial charge in [0.05, 0.1) is 5.54 Å². The Bertz CT molecular complexity index is 485. The Hall–Kier alpha value is -0.870. The molecule has 1 N–H and O–H groups in total. The number of nitrogens with zero attached hydrogens (tertiary/aromatic N) is 1. The third-order valence-corrected chi connectivity index (χ3v) is 4.34. The van der Waals surface area contributed by atoms with Gasteiger partial charge in [-0.15, -0.1) is 0 Å². The fourth-order valence-corrected chi connectivity index (χ4v) is 2.47. The van der Waals surface area contributed by atoms with Gasteiger partial charge in [0.2, 0.25) is 5.91 Å². The molecule has 1 amide bonds. The summed E-state index contributed by atoms with van der Waals surface area (Å²) in [5.41, 5.74) is 1.62. The van der Waals surface area contributed by atoms with Crippen LogP contribution in [0.3, 0.4) is 0 Å². The number of hydrogen-bond donors (Lipinski definition) is 1. The van der Waals surface area contributed by atoms with Crippen LogP contribution in [0.15, 0.2) is 22.7 Å². The number of amides is 1. The van der Waals surface area contributed by atoms with E-state index in [0.717, 1.165) is 22.3 Å². The van der Waals surface area contributed by atoms with Crippen LogP contribution in [0.2, 0.25) is 0 Å². The van der Waals surface area contributed by atoms with Gasteiger partial charge in [-0.05, 0) is 51.5 Å². The number of benzene rings is 1. The zero-order chi connectivity index (χ0) is 13.5. The summed E-state index contributed by atoms with van der Waals surface area (Å²) in [4.78, 5) is 14.4. The first-order chi connectivity index (χ1) is 8.33. The molecule has 3 nitrogen and oxygen atoms in total. The van der Waals surface area contributed by atoms with E-state index in [2.05, 4.69) is 34.2 Å². The van der Waals surface area contributed by atoms with Crippen molar-refractivity contribution in [3.8, 4) is 0 Å². The van der Waals surface area contributed by atoms with Crippen molar-refractivity contribution in [1.29, 1.82) is 0 Å². The van der Waals surface area contributed by atoms with E-state index in [1.807, 2.05) is 37.8 Å². The molecule has 0 aromatic heterocycles. The minimum Gasteiger partial charge on any atom is -0.307 e. The largest absolute Gasteiger partial charge is 0.307 e. The van der Waals surface area contributed by atoms with Crippen molar-refractivity contribution >= 4 is 27.5 Å². The van der Waals surface area contributed by atoms with Gasteiger partial charge in [-0.25, -0.2) is 0 Å². The molecule has 2 rings (SSSR count). The van der Waals surface area contributed by atoms with E-state index in [4.69, 9.17) is 0 Å². The van der Waals surface area contributed by atoms with Crippen molar-refractivity contribution < 1.29 is 4.79 Å². The number of halogens is 1. The van der Waals surface area contributed by atoms with E-state index >= 15 is 0 Å². The van der Waals surface area contributed by atoms with Crippen LogP contribution in [0.5, 0.6) is 0 Å². The van der Waals surface area contributed by atoms with E-state index in [-0.39, 0.29) is 11.9 Å². The number of carbonyl (C=O) groups excluding carboxylic acids is 1. The fourth-order valence-electron chi connectivity index (χ4n) is 2.22. The summed E-state index contributed by atoms with van der Waals surface area (Å²) >= 11 is 3.49. The molecule has 1 unspecified atom stereocenters. The van der Waals surface area contributed by atoms with Crippen LogP contribution in [0.1, 0.15) is 26.3 Å². The molecule has 0 saturated carbocycles. The van der Waals surface area contributed by atoms with Gasteiger partial charge < -0.3 is 10.2 Å². The molecule has 1 heterocycles. The highest BCUT2D eigenvalue weighted by atomic mass is 79.9. The average molecular weight is 311 g/mol. The smallest absolute Gasteiger partial charge is 0.247 e. The maximum Gasteiger partial charge on any atom is 0.247 e. The zero-order valence-corrected chi connectivity index (χ0v) is 12.8. The minimum atomic E-state index is -0.493. The number of aryl methyl sites for hydroxylation is 1. The molecule has 0 aliphatic carbocycles. The average Bonchev–Trinajstić information content (AvgIpc) is 2.30. The summed E-state index contributed by atoms with van der Waals surface area (Å²) in [6.07, 6.45) is 0. The lowest BCUT2D eigenvalue weighted by molar-refractivity contribution is -0.125. The van der Waals surface area contributed by atoms with Crippen molar-refractivity contribution in [2.75, 3.05) is 11.4 Å². The molecular formula is C14H19BrN2O. The normalized spacial score (nSPS) is 23.3. The Morgan fingerprint density at radius 1 is 1.44 bits per heavy atom. The Balaban J connectivity index is 2.40. The maximum atomic E-state index is 12.5. The molecule has 0 bridgehead atoms. The summed E-state index contributed by atoms with van der Waals surface area (Å²) in [5, 5.41) is 3.28. The minimum absolute atomic E-state index is 0.128. The molecule has 1 fully saturated rings. The van der Waals surface area contributed by atoms with E-state index in [0.29, 0.717) is 0 Å².